The van der Waals surface area contributed by atoms with Crippen molar-refractivity contribution in [3.05, 3.63) is 23.3 Å². The van der Waals surface area contributed by atoms with Crippen molar-refractivity contribution in [2.24, 2.45) is 5.92 Å². The highest BCUT2D eigenvalue weighted by Gasteiger charge is 2.65. The molecule has 1 spiro atoms. The summed E-state index contributed by atoms with van der Waals surface area (Å²) in [5.41, 5.74) is 2.77. The predicted molar refractivity (Wildman–Crippen MR) is 82.6 cm³/mol. The van der Waals surface area contributed by atoms with E-state index in [1.54, 1.807) is 7.11 Å². The second-order valence-corrected chi connectivity index (χ2v) is 7.46. The molecule has 118 valence electrons. The number of methoxy groups -OCH3 is 1. The third-order valence-electron chi connectivity index (χ3n) is 6.77. The Kier molecular flexibility index (Phi) is 2.51. The number of nitrogens with zero attached hydrogens (tertiary/aromatic N) is 1. The number of hydrogen-bond donors (Lipinski definition) is 1. The smallest absolute Gasteiger partial charge is 0.165 e. The number of ether oxygens (including phenoxy) is 2. The molecule has 4 nitrogen and oxygen atoms in total. The molecule has 2 aliphatic carbocycles. The zero-order valence-corrected chi connectivity index (χ0v) is 13.2. The first kappa shape index (κ1) is 13.2. The van der Waals surface area contributed by atoms with E-state index in [-0.39, 0.29) is 17.6 Å². The van der Waals surface area contributed by atoms with E-state index >= 15 is 0 Å². The van der Waals surface area contributed by atoms with Gasteiger partial charge in [-0.1, -0.05) is 6.07 Å². The fraction of sp³-hybridized carbons (Fsp3) is 0.667. The van der Waals surface area contributed by atoms with Crippen LogP contribution in [0.25, 0.3) is 0 Å². The molecule has 0 radical (unpaired) electrons. The van der Waals surface area contributed by atoms with E-state index in [4.69, 9.17) is 9.47 Å². The fourth-order valence-corrected chi connectivity index (χ4v) is 5.86. The zero-order valence-electron chi connectivity index (χ0n) is 13.2. The van der Waals surface area contributed by atoms with Gasteiger partial charge in [0, 0.05) is 17.0 Å². The van der Waals surface area contributed by atoms with Crippen LogP contribution in [0.2, 0.25) is 0 Å². The van der Waals surface area contributed by atoms with E-state index in [1.165, 1.54) is 11.1 Å². The number of piperidine rings is 1. The molecule has 1 saturated carbocycles. The van der Waals surface area contributed by atoms with Crippen LogP contribution in [-0.2, 0) is 11.8 Å². The third kappa shape index (κ3) is 1.32. The zero-order chi connectivity index (χ0) is 15.1. The summed E-state index contributed by atoms with van der Waals surface area (Å²) in [6.45, 7) is 1.09. The lowest BCUT2D eigenvalue weighted by Crippen LogP contribution is -2.66. The van der Waals surface area contributed by atoms with Gasteiger partial charge in [0.1, 0.15) is 6.10 Å². The van der Waals surface area contributed by atoms with Gasteiger partial charge in [-0.15, -0.1) is 0 Å². The molecule has 2 aliphatic heterocycles. The molecule has 1 aromatic carbocycles. The third-order valence-corrected chi connectivity index (χ3v) is 6.77. The predicted octanol–water partition coefficient (Wildman–Crippen LogP) is 1.73. The molecule has 2 unspecified atom stereocenters. The number of likely N-dealkylation sites (N-methyl/N-ethyl adjacent to an activating group) is 1. The average Bonchev–Trinajstić information content (AvgIpc) is 2.88. The number of likely N-dealkylation sites (tertiary alicyclic amines) is 1. The number of aliphatic hydroxyl groups excluding tert-OH is 1. The molecular weight excluding hydrogens is 278 g/mol. The van der Waals surface area contributed by atoms with Gasteiger partial charge in [-0.05, 0) is 56.8 Å². The van der Waals surface area contributed by atoms with Gasteiger partial charge in [0.15, 0.2) is 11.5 Å². The van der Waals surface area contributed by atoms with E-state index in [0.29, 0.717) is 12.0 Å². The quantitative estimate of drug-likeness (QED) is 0.858. The molecule has 4 aliphatic rings. The Morgan fingerprint density at radius 2 is 2.23 bits per heavy atom. The lowest BCUT2D eigenvalue weighted by Gasteiger charge is -2.58. The van der Waals surface area contributed by atoms with Crippen LogP contribution in [0.5, 0.6) is 11.5 Å². The van der Waals surface area contributed by atoms with E-state index in [9.17, 15) is 5.11 Å². The van der Waals surface area contributed by atoms with Crippen molar-refractivity contribution in [3.63, 3.8) is 0 Å². The lowest BCUT2D eigenvalue weighted by molar-refractivity contribution is -0.0993. The molecule has 5 atom stereocenters. The van der Waals surface area contributed by atoms with Gasteiger partial charge in [0.25, 0.3) is 0 Å². The van der Waals surface area contributed by atoms with Gasteiger partial charge in [-0.2, -0.15) is 0 Å². The summed E-state index contributed by atoms with van der Waals surface area (Å²) in [6, 6.07) is 4.83. The van der Waals surface area contributed by atoms with Gasteiger partial charge in [0.2, 0.25) is 0 Å². The average molecular weight is 301 g/mol. The Balaban J connectivity index is 1.80. The number of benzene rings is 1. The highest BCUT2D eigenvalue weighted by atomic mass is 16.5. The van der Waals surface area contributed by atoms with Crippen molar-refractivity contribution >= 4 is 0 Å². The van der Waals surface area contributed by atoms with E-state index in [2.05, 4.69) is 18.0 Å². The number of rotatable bonds is 1. The van der Waals surface area contributed by atoms with Crippen LogP contribution < -0.4 is 9.47 Å². The molecule has 22 heavy (non-hydrogen) atoms. The molecule has 5 rings (SSSR count). The van der Waals surface area contributed by atoms with Crippen LogP contribution in [0.1, 0.15) is 30.4 Å². The Morgan fingerprint density at radius 3 is 3.05 bits per heavy atom. The summed E-state index contributed by atoms with van der Waals surface area (Å²) in [7, 11) is 3.96. The molecule has 1 saturated heterocycles. The maximum atomic E-state index is 10.6. The summed E-state index contributed by atoms with van der Waals surface area (Å²) < 4.78 is 11.9. The molecule has 0 aromatic heterocycles. The maximum Gasteiger partial charge on any atom is 0.165 e. The van der Waals surface area contributed by atoms with Crippen LogP contribution in [-0.4, -0.2) is 49.0 Å². The van der Waals surface area contributed by atoms with Crippen molar-refractivity contribution < 1.29 is 14.6 Å². The van der Waals surface area contributed by atoms with Crippen molar-refractivity contribution in [2.75, 3.05) is 20.7 Å². The van der Waals surface area contributed by atoms with E-state index < -0.39 is 0 Å². The summed E-state index contributed by atoms with van der Waals surface area (Å²) in [6.07, 6.45) is 3.69. The minimum Gasteiger partial charge on any atom is -0.493 e. The second kappa shape index (κ2) is 4.18. The molecule has 1 N–H and O–H groups in total. The first-order valence-electron chi connectivity index (χ1n) is 8.42. The second-order valence-electron chi connectivity index (χ2n) is 7.46. The molecule has 1 aromatic rings. The van der Waals surface area contributed by atoms with Crippen LogP contribution in [0.15, 0.2) is 12.1 Å². The molecule has 0 amide bonds. The van der Waals surface area contributed by atoms with Crippen LogP contribution in [0.4, 0.5) is 0 Å². The Hall–Kier alpha value is -1.26. The van der Waals surface area contributed by atoms with E-state index in [0.717, 1.165) is 43.7 Å². The largest absolute Gasteiger partial charge is 0.493 e. The Labute approximate surface area is 131 Å². The van der Waals surface area contributed by atoms with Gasteiger partial charge in [-0.25, -0.2) is 0 Å². The molecule has 4 heteroatoms. The van der Waals surface area contributed by atoms with E-state index in [1.807, 2.05) is 6.07 Å². The molecule has 2 heterocycles. The van der Waals surface area contributed by atoms with Gasteiger partial charge in [0.05, 0.1) is 13.2 Å². The molecular formula is C18H23NO3. The van der Waals surface area contributed by atoms with Crippen LogP contribution >= 0.6 is 0 Å². The van der Waals surface area contributed by atoms with Crippen molar-refractivity contribution in [3.8, 4) is 11.5 Å². The normalized spacial score (nSPS) is 41.8. The monoisotopic (exact) mass is 301 g/mol. The summed E-state index contributed by atoms with van der Waals surface area (Å²) >= 11 is 0. The number of aliphatic hydroxyl groups is 1. The number of hydrogen-bond acceptors (Lipinski definition) is 4. The Morgan fingerprint density at radius 1 is 1.36 bits per heavy atom. The summed E-state index contributed by atoms with van der Waals surface area (Å²) in [5.74, 6) is 2.34. The van der Waals surface area contributed by atoms with Crippen molar-refractivity contribution in [1.29, 1.82) is 0 Å². The minimum absolute atomic E-state index is 0.00625. The van der Waals surface area contributed by atoms with Crippen LogP contribution in [0.3, 0.4) is 0 Å². The maximum absolute atomic E-state index is 10.6. The highest BCUT2D eigenvalue weighted by molar-refractivity contribution is 5.61. The lowest BCUT2D eigenvalue weighted by atomic mass is 9.51. The van der Waals surface area contributed by atoms with Gasteiger partial charge >= 0.3 is 0 Å². The standard InChI is InChI=1S/C18H23NO3/c1-19-8-7-18-11-4-5-13(20)17(18)22-16-14(21-2)6-3-10(15(16)18)9-12(11)19/h3,6,11-13,17,20H,4-5,7-9H2,1-2H3/t11-,12+,13-,17?,18?/m0/s1. The highest BCUT2D eigenvalue weighted by Crippen LogP contribution is 2.63. The van der Waals surface area contributed by atoms with Crippen molar-refractivity contribution in [2.45, 2.75) is 49.3 Å². The summed E-state index contributed by atoms with van der Waals surface area (Å²) in [5, 5.41) is 10.6. The fourth-order valence-electron chi connectivity index (χ4n) is 5.86. The topological polar surface area (TPSA) is 41.9 Å². The SMILES string of the molecule is COc1ccc2c3c1OC1[C@@H](O)CC[C@H]4[C@@H](C2)N(C)CCC314. The van der Waals surface area contributed by atoms with Crippen LogP contribution in [0, 0.1) is 5.92 Å². The first-order chi connectivity index (χ1) is 10.7. The summed E-state index contributed by atoms with van der Waals surface area (Å²) in [4.78, 5) is 2.52. The van der Waals surface area contributed by atoms with Crippen molar-refractivity contribution in [1.82, 2.24) is 4.90 Å². The minimum atomic E-state index is -0.358. The molecule has 2 fully saturated rings. The van der Waals surface area contributed by atoms with Gasteiger partial charge < -0.3 is 19.5 Å². The molecule has 2 bridgehead atoms. The first-order valence-corrected chi connectivity index (χ1v) is 8.42. The van der Waals surface area contributed by atoms with Gasteiger partial charge in [-0.3, -0.25) is 0 Å². The Bertz CT molecular complexity index is 645.